The van der Waals surface area contributed by atoms with E-state index in [1.54, 1.807) is 0 Å². The molecule has 4 nitrogen and oxygen atoms in total. The van der Waals surface area contributed by atoms with Gasteiger partial charge in [-0.1, -0.05) is 0 Å². The minimum Gasteiger partial charge on any atom is -0.487 e. The van der Waals surface area contributed by atoms with Crippen LogP contribution in [0.4, 0.5) is 0 Å². The second-order valence-corrected chi connectivity index (χ2v) is 4.85. The molecule has 1 rings (SSSR count). The van der Waals surface area contributed by atoms with Crippen LogP contribution in [0, 0.1) is 19.3 Å². The van der Waals surface area contributed by atoms with Crippen molar-refractivity contribution >= 4 is 5.84 Å². The number of hydrogen-bond donors (Lipinski definition) is 2. The summed E-state index contributed by atoms with van der Waals surface area (Å²) < 4.78 is 5.79. The van der Waals surface area contributed by atoms with Gasteiger partial charge in [0.25, 0.3) is 0 Å². The summed E-state index contributed by atoms with van der Waals surface area (Å²) in [5.41, 5.74) is 7.41. The number of rotatable bonds is 2. The molecule has 16 heavy (non-hydrogen) atoms. The first-order valence-electron chi connectivity index (χ1n) is 5.22. The van der Waals surface area contributed by atoms with Crippen molar-refractivity contribution < 1.29 is 4.74 Å². The Morgan fingerprint density at radius 2 is 1.94 bits per heavy atom. The molecule has 0 aliphatic heterocycles. The molecule has 0 unspecified atom stereocenters. The molecule has 3 N–H and O–H groups in total. The van der Waals surface area contributed by atoms with Gasteiger partial charge in [-0.2, -0.15) is 0 Å². The maximum absolute atomic E-state index is 7.55. The topological polar surface area (TPSA) is 72.0 Å². The van der Waals surface area contributed by atoms with Crippen LogP contribution < -0.4 is 10.5 Å². The van der Waals surface area contributed by atoms with Crippen LogP contribution >= 0.6 is 0 Å². The smallest absolute Gasteiger partial charge is 0.134 e. The Morgan fingerprint density at radius 3 is 2.38 bits per heavy atom. The molecular formula is C12H19N3O. The normalized spacial score (nSPS) is 11.3. The molecule has 0 aromatic carbocycles. The Labute approximate surface area is 96.3 Å². The van der Waals surface area contributed by atoms with E-state index in [-0.39, 0.29) is 11.4 Å². The summed E-state index contributed by atoms with van der Waals surface area (Å²) in [5, 5.41) is 7.55. The summed E-state index contributed by atoms with van der Waals surface area (Å²) in [5.74, 6) is 0.620. The molecule has 1 aromatic heterocycles. The highest BCUT2D eigenvalue weighted by Gasteiger charge is 2.18. The Balaban J connectivity index is 3.30. The van der Waals surface area contributed by atoms with E-state index in [1.165, 1.54) is 0 Å². The highest BCUT2D eigenvalue weighted by Crippen LogP contribution is 2.25. The fourth-order valence-corrected chi connectivity index (χ4v) is 1.53. The van der Waals surface area contributed by atoms with Crippen LogP contribution in [0.2, 0.25) is 0 Å². The first-order chi connectivity index (χ1) is 7.20. The third kappa shape index (κ3) is 2.95. The van der Waals surface area contributed by atoms with Gasteiger partial charge in [0.2, 0.25) is 0 Å². The van der Waals surface area contributed by atoms with Gasteiger partial charge in [-0.05, 0) is 34.6 Å². The molecular weight excluding hydrogens is 202 g/mol. The number of nitrogens with two attached hydrogens (primary N) is 1. The van der Waals surface area contributed by atoms with E-state index in [2.05, 4.69) is 4.98 Å². The van der Waals surface area contributed by atoms with Crippen molar-refractivity contribution in [2.45, 2.75) is 40.2 Å². The first-order valence-corrected chi connectivity index (χ1v) is 5.22. The predicted molar refractivity (Wildman–Crippen MR) is 65.1 cm³/mol. The summed E-state index contributed by atoms with van der Waals surface area (Å²) in [6, 6.07) is 1.81. The Morgan fingerprint density at radius 1 is 1.38 bits per heavy atom. The fraction of sp³-hybridized carbons (Fsp3) is 0.500. The number of nitrogens with one attached hydrogen (secondary N) is 1. The van der Waals surface area contributed by atoms with E-state index in [9.17, 15) is 0 Å². The van der Waals surface area contributed by atoms with Crippen molar-refractivity contribution in [2.24, 2.45) is 5.73 Å². The zero-order valence-corrected chi connectivity index (χ0v) is 10.5. The predicted octanol–water partition coefficient (Wildman–Crippen LogP) is 2.16. The summed E-state index contributed by atoms with van der Waals surface area (Å²) >= 11 is 0. The summed E-state index contributed by atoms with van der Waals surface area (Å²) in [7, 11) is 0. The summed E-state index contributed by atoms with van der Waals surface area (Å²) in [6.45, 7) is 9.61. The molecule has 0 bridgehead atoms. The number of ether oxygens (including phenoxy) is 1. The van der Waals surface area contributed by atoms with E-state index in [0.717, 1.165) is 11.4 Å². The first kappa shape index (κ1) is 12.5. The maximum atomic E-state index is 7.55. The molecule has 0 fully saturated rings. The van der Waals surface area contributed by atoms with Crippen LogP contribution in [0.5, 0.6) is 5.75 Å². The molecule has 0 saturated heterocycles. The SMILES string of the molecule is Cc1cc(OC(C)(C)C)c(C(=N)N)c(C)n1. The Hall–Kier alpha value is -1.58. The van der Waals surface area contributed by atoms with E-state index in [0.29, 0.717) is 11.3 Å². The van der Waals surface area contributed by atoms with E-state index in [4.69, 9.17) is 15.9 Å². The third-order valence-electron chi connectivity index (χ3n) is 1.98. The average Bonchev–Trinajstić information content (AvgIpc) is 1.96. The van der Waals surface area contributed by atoms with Gasteiger partial charge >= 0.3 is 0 Å². The number of nitrogens with zero attached hydrogens (tertiary/aromatic N) is 1. The zero-order chi connectivity index (χ0) is 12.5. The Bertz CT molecular complexity index is 419. The maximum Gasteiger partial charge on any atom is 0.134 e. The lowest BCUT2D eigenvalue weighted by molar-refractivity contribution is 0.130. The lowest BCUT2D eigenvalue weighted by atomic mass is 10.1. The van der Waals surface area contributed by atoms with Crippen LogP contribution in [0.1, 0.15) is 37.7 Å². The number of pyridine rings is 1. The van der Waals surface area contributed by atoms with E-state index in [1.807, 2.05) is 40.7 Å². The van der Waals surface area contributed by atoms with Crippen LogP contribution in [0.15, 0.2) is 6.07 Å². The Kier molecular flexibility index (Phi) is 3.21. The van der Waals surface area contributed by atoms with Gasteiger partial charge in [-0.25, -0.2) is 0 Å². The number of hydrogen-bond acceptors (Lipinski definition) is 3. The number of amidine groups is 1. The van der Waals surface area contributed by atoms with Gasteiger partial charge < -0.3 is 10.5 Å². The molecule has 0 spiro atoms. The van der Waals surface area contributed by atoms with Crippen LogP contribution in [0.25, 0.3) is 0 Å². The zero-order valence-electron chi connectivity index (χ0n) is 10.5. The number of aromatic nitrogens is 1. The molecule has 0 aliphatic rings. The van der Waals surface area contributed by atoms with Gasteiger partial charge in [-0.3, -0.25) is 10.4 Å². The molecule has 88 valence electrons. The van der Waals surface area contributed by atoms with Gasteiger partial charge in [0.1, 0.15) is 17.2 Å². The lowest BCUT2D eigenvalue weighted by Crippen LogP contribution is -2.26. The van der Waals surface area contributed by atoms with Crippen molar-refractivity contribution in [3.05, 3.63) is 23.0 Å². The quantitative estimate of drug-likeness (QED) is 0.593. The largest absolute Gasteiger partial charge is 0.487 e. The molecule has 0 aliphatic carbocycles. The van der Waals surface area contributed by atoms with Crippen molar-refractivity contribution in [3.8, 4) is 5.75 Å². The molecule has 1 heterocycles. The van der Waals surface area contributed by atoms with E-state index >= 15 is 0 Å². The summed E-state index contributed by atoms with van der Waals surface area (Å²) in [6.07, 6.45) is 0. The van der Waals surface area contributed by atoms with Crippen molar-refractivity contribution in [1.82, 2.24) is 4.98 Å². The summed E-state index contributed by atoms with van der Waals surface area (Å²) in [4.78, 5) is 4.28. The molecule has 4 heteroatoms. The highest BCUT2D eigenvalue weighted by molar-refractivity contribution is 5.98. The van der Waals surface area contributed by atoms with Gasteiger partial charge in [0, 0.05) is 11.8 Å². The molecule has 0 saturated carbocycles. The lowest BCUT2D eigenvalue weighted by Gasteiger charge is -2.23. The minimum atomic E-state index is -0.315. The second kappa shape index (κ2) is 4.12. The van der Waals surface area contributed by atoms with Crippen molar-refractivity contribution in [2.75, 3.05) is 0 Å². The molecule has 0 atom stereocenters. The van der Waals surface area contributed by atoms with Crippen LogP contribution in [-0.2, 0) is 0 Å². The highest BCUT2D eigenvalue weighted by atomic mass is 16.5. The van der Waals surface area contributed by atoms with Crippen LogP contribution in [-0.4, -0.2) is 16.4 Å². The van der Waals surface area contributed by atoms with E-state index < -0.39 is 0 Å². The fourth-order valence-electron chi connectivity index (χ4n) is 1.53. The van der Waals surface area contributed by atoms with Crippen molar-refractivity contribution in [3.63, 3.8) is 0 Å². The third-order valence-corrected chi connectivity index (χ3v) is 1.98. The number of aryl methyl sites for hydroxylation is 2. The standard InChI is InChI=1S/C12H19N3O/c1-7-6-9(16-12(3,4)5)10(11(13)14)8(2)15-7/h6H,1-5H3,(H3,13,14). The second-order valence-electron chi connectivity index (χ2n) is 4.85. The minimum absolute atomic E-state index is 0.00995. The average molecular weight is 221 g/mol. The van der Waals surface area contributed by atoms with Crippen molar-refractivity contribution in [1.29, 1.82) is 5.41 Å². The molecule has 1 aromatic rings. The van der Waals surface area contributed by atoms with Gasteiger partial charge in [0.15, 0.2) is 0 Å². The molecule has 0 radical (unpaired) electrons. The van der Waals surface area contributed by atoms with Gasteiger partial charge in [-0.15, -0.1) is 0 Å². The molecule has 0 amide bonds. The monoisotopic (exact) mass is 221 g/mol. The number of nitrogen functional groups attached to an aromatic ring is 1. The van der Waals surface area contributed by atoms with Gasteiger partial charge in [0.05, 0.1) is 11.3 Å². The van der Waals surface area contributed by atoms with Crippen LogP contribution in [0.3, 0.4) is 0 Å².